The van der Waals surface area contributed by atoms with E-state index in [1.165, 1.54) is 0 Å². The van der Waals surface area contributed by atoms with E-state index in [0.717, 1.165) is 16.5 Å². The van der Waals surface area contributed by atoms with Gasteiger partial charge in [-0.05, 0) is 17.5 Å². The summed E-state index contributed by atoms with van der Waals surface area (Å²) in [5, 5.41) is 4.68. The highest BCUT2D eigenvalue weighted by atomic mass is 35.5. The van der Waals surface area contributed by atoms with E-state index in [1.54, 1.807) is 12.4 Å². The minimum absolute atomic E-state index is 0.0450. The molecule has 2 aromatic rings. The van der Waals surface area contributed by atoms with E-state index in [0.29, 0.717) is 0 Å². The molecule has 2 rings (SSSR count). The van der Waals surface area contributed by atoms with E-state index in [4.69, 9.17) is 11.6 Å². The van der Waals surface area contributed by atoms with E-state index in [-0.39, 0.29) is 11.8 Å². The zero-order chi connectivity index (χ0) is 10.7. The Morgan fingerprint density at radius 1 is 1.40 bits per heavy atom. The van der Waals surface area contributed by atoms with Crippen molar-refractivity contribution in [3.05, 3.63) is 36.7 Å². The third-order valence-corrected chi connectivity index (χ3v) is 2.32. The number of amides is 1. The maximum absolute atomic E-state index is 11.2. The highest BCUT2D eigenvalue weighted by Gasteiger charge is 2.03. The number of nitrogens with zero attached hydrogens (tertiary/aromatic N) is 1. The molecule has 1 heterocycles. The van der Waals surface area contributed by atoms with Crippen LogP contribution >= 0.6 is 11.6 Å². The van der Waals surface area contributed by atoms with Crippen LogP contribution in [0.4, 0.5) is 5.69 Å². The van der Waals surface area contributed by atoms with E-state index < -0.39 is 0 Å². The Morgan fingerprint density at radius 3 is 3.07 bits per heavy atom. The number of benzene rings is 1. The lowest BCUT2D eigenvalue weighted by Crippen LogP contribution is -2.12. The van der Waals surface area contributed by atoms with Gasteiger partial charge >= 0.3 is 0 Å². The van der Waals surface area contributed by atoms with Gasteiger partial charge in [0, 0.05) is 17.8 Å². The second kappa shape index (κ2) is 4.28. The number of carbonyl (C=O) groups excluding carboxylic acids is 1. The van der Waals surface area contributed by atoms with Crippen LogP contribution in [0.1, 0.15) is 0 Å². The molecule has 0 bridgehead atoms. The first-order valence-corrected chi connectivity index (χ1v) is 5.03. The molecular weight excluding hydrogens is 212 g/mol. The fourth-order valence-corrected chi connectivity index (χ4v) is 1.47. The molecule has 0 aliphatic heterocycles. The van der Waals surface area contributed by atoms with Crippen molar-refractivity contribution >= 4 is 34.0 Å². The first-order chi connectivity index (χ1) is 7.31. The Bertz CT molecular complexity index is 493. The Kier molecular flexibility index (Phi) is 2.83. The lowest BCUT2D eigenvalue weighted by molar-refractivity contribution is -0.113. The van der Waals surface area contributed by atoms with Gasteiger partial charge < -0.3 is 5.32 Å². The Labute approximate surface area is 92.1 Å². The summed E-state index contributed by atoms with van der Waals surface area (Å²) in [6, 6.07) is 7.57. The molecule has 0 unspecified atom stereocenters. The summed E-state index contributed by atoms with van der Waals surface area (Å²) in [6.07, 6.45) is 3.44. The van der Waals surface area contributed by atoms with Gasteiger partial charge in [-0.25, -0.2) is 0 Å². The van der Waals surface area contributed by atoms with Gasteiger partial charge in [-0.15, -0.1) is 11.6 Å². The van der Waals surface area contributed by atoms with Gasteiger partial charge in [-0.1, -0.05) is 12.1 Å². The van der Waals surface area contributed by atoms with Crippen LogP contribution < -0.4 is 5.32 Å². The van der Waals surface area contributed by atoms with Crippen LogP contribution in [0.15, 0.2) is 36.7 Å². The number of fused-ring (bicyclic) bond motifs is 1. The van der Waals surface area contributed by atoms with Gasteiger partial charge in [0.15, 0.2) is 0 Å². The summed E-state index contributed by atoms with van der Waals surface area (Å²) in [5.41, 5.74) is 0.742. The number of alkyl halides is 1. The molecule has 0 aliphatic carbocycles. The predicted molar refractivity (Wildman–Crippen MR) is 61.1 cm³/mol. The van der Waals surface area contributed by atoms with Gasteiger partial charge in [-0.3, -0.25) is 9.78 Å². The highest BCUT2D eigenvalue weighted by molar-refractivity contribution is 6.29. The number of halogens is 1. The number of carbonyl (C=O) groups is 1. The van der Waals surface area contributed by atoms with E-state index in [9.17, 15) is 4.79 Å². The van der Waals surface area contributed by atoms with E-state index in [1.807, 2.05) is 24.3 Å². The van der Waals surface area contributed by atoms with Crippen LogP contribution in [0.3, 0.4) is 0 Å². The zero-order valence-corrected chi connectivity index (χ0v) is 8.66. The van der Waals surface area contributed by atoms with Gasteiger partial charge in [0.2, 0.25) is 5.91 Å². The summed E-state index contributed by atoms with van der Waals surface area (Å²) in [5.74, 6) is -0.260. The molecule has 1 amide bonds. The van der Waals surface area contributed by atoms with Crippen molar-refractivity contribution in [2.24, 2.45) is 0 Å². The lowest BCUT2D eigenvalue weighted by atomic mass is 10.1. The van der Waals surface area contributed by atoms with Gasteiger partial charge in [0.1, 0.15) is 5.88 Å². The van der Waals surface area contributed by atoms with E-state index in [2.05, 4.69) is 10.3 Å². The Hall–Kier alpha value is -1.61. The molecule has 4 heteroatoms. The Morgan fingerprint density at radius 2 is 2.27 bits per heavy atom. The van der Waals surface area contributed by atoms with E-state index >= 15 is 0 Å². The fraction of sp³-hybridized carbons (Fsp3) is 0.0909. The van der Waals surface area contributed by atoms with Crippen molar-refractivity contribution in [2.75, 3.05) is 11.2 Å². The standard InChI is InChI=1S/C11H9ClN2O/c12-6-11(15)14-10-3-1-2-8-4-5-13-7-9(8)10/h1-5,7H,6H2,(H,14,15). The first-order valence-electron chi connectivity index (χ1n) is 4.50. The van der Waals surface area contributed by atoms with Crippen molar-refractivity contribution in [2.45, 2.75) is 0 Å². The first kappa shape index (κ1) is 9.93. The Balaban J connectivity index is 2.46. The van der Waals surface area contributed by atoms with Crippen molar-refractivity contribution in [3.8, 4) is 0 Å². The molecule has 0 fully saturated rings. The maximum Gasteiger partial charge on any atom is 0.239 e. The topological polar surface area (TPSA) is 42.0 Å². The summed E-state index contributed by atoms with van der Waals surface area (Å²) in [6.45, 7) is 0. The monoisotopic (exact) mass is 220 g/mol. The number of rotatable bonds is 2. The molecule has 3 nitrogen and oxygen atoms in total. The summed E-state index contributed by atoms with van der Waals surface area (Å²) >= 11 is 5.43. The number of nitrogens with one attached hydrogen (secondary N) is 1. The molecule has 76 valence electrons. The van der Waals surface area contributed by atoms with Crippen LogP contribution in [0.25, 0.3) is 10.8 Å². The minimum atomic E-state index is -0.215. The summed E-state index contributed by atoms with van der Waals surface area (Å²) in [7, 11) is 0. The van der Waals surface area contributed by atoms with Gasteiger partial charge in [0.05, 0.1) is 5.69 Å². The molecule has 0 aliphatic rings. The fourth-order valence-electron chi connectivity index (χ4n) is 1.41. The van der Waals surface area contributed by atoms with Crippen LogP contribution in [0, 0.1) is 0 Å². The van der Waals surface area contributed by atoms with Gasteiger partial charge in [0.25, 0.3) is 0 Å². The van der Waals surface area contributed by atoms with Crippen LogP contribution in [-0.4, -0.2) is 16.8 Å². The summed E-state index contributed by atoms with van der Waals surface area (Å²) in [4.78, 5) is 15.2. The number of pyridine rings is 1. The molecule has 0 saturated heterocycles. The SMILES string of the molecule is O=C(CCl)Nc1cccc2ccncc12. The normalized spacial score (nSPS) is 10.2. The molecule has 0 radical (unpaired) electrons. The lowest BCUT2D eigenvalue weighted by Gasteiger charge is -2.06. The molecule has 0 spiro atoms. The number of hydrogen-bond acceptors (Lipinski definition) is 2. The van der Waals surface area contributed by atoms with Gasteiger partial charge in [-0.2, -0.15) is 0 Å². The minimum Gasteiger partial charge on any atom is -0.324 e. The van der Waals surface area contributed by atoms with Crippen molar-refractivity contribution in [3.63, 3.8) is 0 Å². The third kappa shape index (κ3) is 2.07. The molecule has 0 saturated carbocycles. The molecule has 15 heavy (non-hydrogen) atoms. The van der Waals surface area contributed by atoms with Crippen LogP contribution in [-0.2, 0) is 4.79 Å². The largest absolute Gasteiger partial charge is 0.324 e. The molecule has 1 N–H and O–H groups in total. The van der Waals surface area contributed by atoms with Crippen LogP contribution in [0.2, 0.25) is 0 Å². The summed E-state index contributed by atoms with van der Waals surface area (Å²) < 4.78 is 0. The smallest absolute Gasteiger partial charge is 0.239 e. The molecular formula is C11H9ClN2O. The zero-order valence-electron chi connectivity index (χ0n) is 7.90. The second-order valence-electron chi connectivity index (χ2n) is 3.08. The van der Waals surface area contributed by atoms with Crippen LogP contribution in [0.5, 0.6) is 0 Å². The number of aromatic nitrogens is 1. The number of hydrogen-bond donors (Lipinski definition) is 1. The predicted octanol–water partition coefficient (Wildman–Crippen LogP) is 2.41. The number of anilines is 1. The molecule has 1 aromatic heterocycles. The van der Waals surface area contributed by atoms with Crippen molar-refractivity contribution < 1.29 is 4.79 Å². The molecule has 0 atom stereocenters. The third-order valence-electron chi connectivity index (χ3n) is 2.08. The quantitative estimate of drug-likeness (QED) is 0.790. The average Bonchev–Trinajstić information content (AvgIpc) is 2.29. The van der Waals surface area contributed by atoms with Crippen molar-refractivity contribution in [1.29, 1.82) is 0 Å². The average molecular weight is 221 g/mol. The second-order valence-corrected chi connectivity index (χ2v) is 3.35. The molecule has 1 aromatic carbocycles. The maximum atomic E-state index is 11.2. The van der Waals surface area contributed by atoms with Crippen molar-refractivity contribution in [1.82, 2.24) is 4.98 Å². The highest BCUT2D eigenvalue weighted by Crippen LogP contribution is 2.21.